The van der Waals surface area contributed by atoms with E-state index < -0.39 is 0 Å². The largest absolute Gasteiger partial charge is 0.445 e. The summed E-state index contributed by atoms with van der Waals surface area (Å²) < 4.78 is 11.6. The molecule has 1 amide bonds. The van der Waals surface area contributed by atoms with Crippen molar-refractivity contribution >= 4 is 30.7 Å². The fourth-order valence-corrected chi connectivity index (χ4v) is 5.35. The third kappa shape index (κ3) is 6.32. The molecule has 0 unspecified atom stereocenters. The molecular weight excluding hydrogens is 475 g/mol. The number of carbonyl (C=O) groups excluding carboxylic acids is 1. The van der Waals surface area contributed by atoms with Gasteiger partial charge in [0.25, 0.3) is 0 Å². The van der Waals surface area contributed by atoms with Crippen molar-refractivity contribution in [2.24, 2.45) is 11.7 Å². The third-order valence-electron chi connectivity index (χ3n) is 7.15. The fourth-order valence-electron chi connectivity index (χ4n) is 5.35. The SMILES string of the molecule is Cl.Cl.N[C@@H]1CC[C@H](C(=O)N2CCc3oc(Cc4ccccc4)nc3C2)CN(C2CCOCC2)C1. The molecule has 0 bridgehead atoms. The van der Waals surface area contributed by atoms with Crippen LogP contribution in [0.4, 0.5) is 0 Å². The molecule has 7 nitrogen and oxygen atoms in total. The van der Waals surface area contributed by atoms with Crippen LogP contribution in [0, 0.1) is 5.92 Å². The summed E-state index contributed by atoms with van der Waals surface area (Å²) in [6, 6.07) is 10.9. The Bertz CT molecular complexity index is 920. The second-order valence-electron chi connectivity index (χ2n) is 9.48. The molecule has 5 rings (SSSR count). The molecule has 2 N–H and O–H groups in total. The Morgan fingerprint density at radius 3 is 2.59 bits per heavy atom. The lowest BCUT2D eigenvalue weighted by atomic mass is 9.98. The highest BCUT2D eigenvalue weighted by molar-refractivity contribution is 5.85. The zero-order chi connectivity index (χ0) is 21.9. The third-order valence-corrected chi connectivity index (χ3v) is 7.15. The van der Waals surface area contributed by atoms with E-state index in [1.165, 1.54) is 5.56 Å². The molecule has 1 aromatic carbocycles. The summed E-state index contributed by atoms with van der Waals surface area (Å²) in [4.78, 5) is 22.7. The standard InChI is InChI=1S/C25H34N4O3.2ClH/c26-20-7-6-19(15-29(16-20)21-9-12-31-13-10-21)25(30)28-11-8-23-22(17-28)27-24(32-23)14-18-4-2-1-3-5-18;;/h1-5,19-21H,6-17,26H2;2*1H/t19-,20+;;/m0../s1. The van der Waals surface area contributed by atoms with Gasteiger partial charge in [-0.25, -0.2) is 4.98 Å². The number of rotatable bonds is 4. The molecule has 1 aromatic heterocycles. The van der Waals surface area contributed by atoms with Crippen molar-refractivity contribution in [1.82, 2.24) is 14.8 Å². The lowest BCUT2D eigenvalue weighted by Gasteiger charge is -2.36. The van der Waals surface area contributed by atoms with Crippen LogP contribution in [0.5, 0.6) is 0 Å². The number of nitrogens with zero attached hydrogens (tertiary/aromatic N) is 3. The van der Waals surface area contributed by atoms with E-state index in [-0.39, 0.29) is 42.7 Å². The Morgan fingerprint density at radius 2 is 1.82 bits per heavy atom. The second kappa shape index (κ2) is 12.4. The normalized spacial score (nSPS) is 23.9. The van der Waals surface area contributed by atoms with Gasteiger partial charge in [-0.05, 0) is 31.2 Å². The van der Waals surface area contributed by atoms with E-state index in [1.54, 1.807) is 0 Å². The number of likely N-dealkylation sites (tertiary alicyclic amines) is 1. The zero-order valence-electron chi connectivity index (χ0n) is 19.6. The molecule has 9 heteroatoms. The minimum absolute atomic E-state index is 0. The first-order valence-electron chi connectivity index (χ1n) is 12.0. The van der Waals surface area contributed by atoms with Crippen LogP contribution in [0.3, 0.4) is 0 Å². The van der Waals surface area contributed by atoms with Gasteiger partial charge in [0.15, 0.2) is 5.89 Å². The van der Waals surface area contributed by atoms with Crippen LogP contribution in [-0.2, 0) is 28.9 Å². The number of carbonyl (C=O) groups is 1. The van der Waals surface area contributed by atoms with Crippen LogP contribution in [0.15, 0.2) is 34.7 Å². The minimum Gasteiger partial charge on any atom is -0.445 e. The molecule has 4 heterocycles. The van der Waals surface area contributed by atoms with Crippen LogP contribution < -0.4 is 5.73 Å². The predicted molar refractivity (Wildman–Crippen MR) is 135 cm³/mol. The summed E-state index contributed by atoms with van der Waals surface area (Å²) >= 11 is 0. The molecule has 0 saturated carbocycles. The Labute approximate surface area is 214 Å². The van der Waals surface area contributed by atoms with Crippen LogP contribution in [0.25, 0.3) is 0 Å². The zero-order valence-corrected chi connectivity index (χ0v) is 21.2. The highest BCUT2D eigenvalue weighted by atomic mass is 35.5. The van der Waals surface area contributed by atoms with Gasteiger partial charge in [0, 0.05) is 57.8 Å². The number of nitrogens with two attached hydrogens (primary N) is 1. The Hall–Kier alpha value is -1.64. The second-order valence-corrected chi connectivity index (χ2v) is 9.48. The van der Waals surface area contributed by atoms with Crippen molar-refractivity contribution in [3.63, 3.8) is 0 Å². The van der Waals surface area contributed by atoms with Crippen LogP contribution >= 0.6 is 24.8 Å². The number of aromatic nitrogens is 1. The van der Waals surface area contributed by atoms with Gasteiger partial charge in [-0.15, -0.1) is 24.8 Å². The summed E-state index contributed by atoms with van der Waals surface area (Å²) in [7, 11) is 0. The molecule has 3 aliphatic rings. The van der Waals surface area contributed by atoms with E-state index >= 15 is 0 Å². The summed E-state index contributed by atoms with van der Waals surface area (Å²) in [5.41, 5.74) is 8.48. The number of amides is 1. The number of ether oxygens (including phenoxy) is 1. The average molecular weight is 511 g/mol. The predicted octanol–water partition coefficient (Wildman–Crippen LogP) is 3.21. The molecular formula is C25H36Cl2N4O3. The maximum absolute atomic E-state index is 13.5. The Balaban J connectivity index is 0.00000162. The van der Waals surface area contributed by atoms with Crippen molar-refractivity contribution < 1.29 is 13.9 Å². The summed E-state index contributed by atoms with van der Waals surface area (Å²) in [5, 5.41) is 0. The van der Waals surface area contributed by atoms with Crippen molar-refractivity contribution in [1.29, 1.82) is 0 Å². The Morgan fingerprint density at radius 1 is 1.06 bits per heavy atom. The molecule has 2 fully saturated rings. The Kier molecular flexibility index (Phi) is 9.80. The monoisotopic (exact) mass is 510 g/mol. The van der Waals surface area contributed by atoms with Gasteiger partial charge in [0.2, 0.25) is 5.91 Å². The molecule has 0 aliphatic carbocycles. The van der Waals surface area contributed by atoms with E-state index in [9.17, 15) is 4.79 Å². The number of benzene rings is 1. The first-order chi connectivity index (χ1) is 15.7. The van der Waals surface area contributed by atoms with Crippen molar-refractivity contribution in [2.75, 3.05) is 32.8 Å². The number of fused-ring (bicyclic) bond motifs is 1. The van der Waals surface area contributed by atoms with Crippen molar-refractivity contribution in [2.45, 2.75) is 57.2 Å². The van der Waals surface area contributed by atoms with E-state index in [1.807, 2.05) is 23.1 Å². The quantitative estimate of drug-likeness (QED) is 0.679. The molecule has 0 radical (unpaired) electrons. The maximum atomic E-state index is 13.5. The van der Waals surface area contributed by atoms with Gasteiger partial charge in [-0.2, -0.15) is 0 Å². The number of hydrogen-bond acceptors (Lipinski definition) is 6. The first kappa shape index (κ1) is 27.0. The molecule has 188 valence electrons. The van der Waals surface area contributed by atoms with Crippen molar-refractivity contribution in [3.8, 4) is 0 Å². The summed E-state index contributed by atoms with van der Waals surface area (Å²) in [6.45, 7) is 4.55. The maximum Gasteiger partial charge on any atom is 0.227 e. The van der Waals surface area contributed by atoms with Gasteiger partial charge >= 0.3 is 0 Å². The number of halogens is 2. The van der Waals surface area contributed by atoms with Crippen molar-refractivity contribution in [3.05, 3.63) is 53.2 Å². The summed E-state index contributed by atoms with van der Waals surface area (Å²) in [5.74, 6) is 1.92. The minimum atomic E-state index is 0. The van der Waals surface area contributed by atoms with Gasteiger partial charge < -0.3 is 19.8 Å². The van der Waals surface area contributed by atoms with E-state index in [0.717, 1.165) is 75.8 Å². The van der Waals surface area contributed by atoms with E-state index in [4.69, 9.17) is 19.9 Å². The highest BCUT2D eigenvalue weighted by Crippen LogP contribution is 2.27. The molecule has 2 atom stereocenters. The molecule has 0 spiro atoms. The van der Waals surface area contributed by atoms with Gasteiger partial charge in [0.05, 0.1) is 12.5 Å². The van der Waals surface area contributed by atoms with Gasteiger partial charge in [-0.1, -0.05) is 30.3 Å². The van der Waals surface area contributed by atoms with Gasteiger partial charge in [-0.3, -0.25) is 9.69 Å². The fraction of sp³-hybridized carbons (Fsp3) is 0.600. The smallest absolute Gasteiger partial charge is 0.227 e. The molecule has 2 aromatic rings. The van der Waals surface area contributed by atoms with Crippen LogP contribution in [-0.4, -0.2) is 65.6 Å². The number of hydrogen-bond donors (Lipinski definition) is 1. The first-order valence-corrected chi connectivity index (χ1v) is 12.0. The molecule has 2 saturated heterocycles. The topological polar surface area (TPSA) is 84.8 Å². The van der Waals surface area contributed by atoms with Crippen LogP contribution in [0.1, 0.15) is 48.6 Å². The average Bonchev–Trinajstić information content (AvgIpc) is 3.12. The number of oxazole rings is 1. The highest BCUT2D eigenvalue weighted by Gasteiger charge is 2.35. The summed E-state index contributed by atoms with van der Waals surface area (Å²) in [6.07, 6.45) is 5.25. The van der Waals surface area contributed by atoms with Gasteiger partial charge in [0.1, 0.15) is 11.5 Å². The lowest BCUT2D eigenvalue weighted by Crippen LogP contribution is -2.48. The lowest BCUT2D eigenvalue weighted by molar-refractivity contribution is -0.137. The molecule has 3 aliphatic heterocycles. The van der Waals surface area contributed by atoms with Crippen LogP contribution in [0.2, 0.25) is 0 Å². The van der Waals surface area contributed by atoms with E-state index in [2.05, 4.69) is 17.0 Å². The molecule has 34 heavy (non-hydrogen) atoms. The van der Waals surface area contributed by atoms with E-state index in [0.29, 0.717) is 25.6 Å².